The van der Waals surface area contributed by atoms with E-state index in [0.29, 0.717) is 18.4 Å². The van der Waals surface area contributed by atoms with Gasteiger partial charge < -0.3 is 10.2 Å². The Kier molecular flexibility index (Phi) is 2.00. The lowest BCUT2D eigenvalue weighted by atomic mass is 10.0. The smallest absolute Gasteiger partial charge is 0.130 e. The van der Waals surface area contributed by atoms with Crippen molar-refractivity contribution in [2.45, 2.75) is 31.8 Å². The number of rotatable bonds is 2. The Balaban J connectivity index is 2.35. The fraction of sp³-hybridized carbons (Fsp3) is 0.455. The number of hydrogen-bond acceptors (Lipinski definition) is 2. The molecule has 1 aliphatic rings. The molecule has 0 aromatic heterocycles. The summed E-state index contributed by atoms with van der Waals surface area (Å²) in [7, 11) is 0. The number of phenols is 1. The molecule has 3 heteroatoms. The summed E-state index contributed by atoms with van der Waals surface area (Å²) in [5, 5.41) is 19.3. The SMILES string of the molecule is Cc1ccc(F)c(CC2(O)CC2)c1O. The van der Waals surface area contributed by atoms with Crippen molar-refractivity contribution in [1.29, 1.82) is 0 Å². The van der Waals surface area contributed by atoms with Gasteiger partial charge in [-0.3, -0.25) is 0 Å². The largest absolute Gasteiger partial charge is 0.507 e. The zero-order valence-corrected chi connectivity index (χ0v) is 8.05. The van der Waals surface area contributed by atoms with Crippen molar-refractivity contribution in [3.05, 3.63) is 29.1 Å². The molecule has 1 aromatic rings. The fourth-order valence-electron chi connectivity index (χ4n) is 1.55. The van der Waals surface area contributed by atoms with Gasteiger partial charge in [0, 0.05) is 12.0 Å². The van der Waals surface area contributed by atoms with E-state index < -0.39 is 11.4 Å². The normalized spacial score (nSPS) is 18.2. The Hall–Kier alpha value is -1.09. The number of aliphatic hydroxyl groups is 1. The Morgan fingerprint density at radius 1 is 1.43 bits per heavy atom. The van der Waals surface area contributed by atoms with Gasteiger partial charge in [-0.15, -0.1) is 0 Å². The first-order chi connectivity index (χ1) is 6.52. The molecule has 1 fully saturated rings. The van der Waals surface area contributed by atoms with E-state index in [4.69, 9.17) is 0 Å². The minimum atomic E-state index is -0.772. The van der Waals surface area contributed by atoms with Crippen LogP contribution in [-0.2, 0) is 6.42 Å². The maximum absolute atomic E-state index is 13.3. The second-order valence-electron chi connectivity index (χ2n) is 4.09. The van der Waals surface area contributed by atoms with Gasteiger partial charge in [0.1, 0.15) is 11.6 Å². The van der Waals surface area contributed by atoms with Gasteiger partial charge in [0.15, 0.2) is 0 Å². The molecule has 2 N–H and O–H groups in total. The number of aryl methyl sites for hydroxylation is 1. The van der Waals surface area contributed by atoms with Crippen molar-refractivity contribution in [3.63, 3.8) is 0 Å². The average Bonchev–Trinajstić information content (AvgIpc) is 2.86. The lowest BCUT2D eigenvalue weighted by Crippen LogP contribution is -2.12. The van der Waals surface area contributed by atoms with Gasteiger partial charge in [-0.05, 0) is 31.4 Å². The van der Waals surface area contributed by atoms with E-state index >= 15 is 0 Å². The molecule has 0 radical (unpaired) electrons. The molecule has 1 aromatic carbocycles. The number of benzene rings is 1. The van der Waals surface area contributed by atoms with Gasteiger partial charge >= 0.3 is 0 Å². The topological polar surface area (TPSA) is 40.5 Å². The number of aromatic hydroxyl groups is 1. The lowest BCUT2D eigenvalue weighted by Gasteiger charge is -2.11. The maximum Gasteiger partial charge on any atom is 0.130 e. The Morgan fingerprint density at radius 3 is 2.64 bits per heavy atom. The monoisotopic (exact) mass is 196 g/mol. The third-order valence-electron chi connectivity index (χ3n) is 2.76. The van der Waals surface area contributed by atoms with Crippen LogP contribution in [0, 0.1) is 12.7 Å². The Bertz CT molecular complexity index is 370. The van der Waals surface area contributed by atoms with Gasteiger partial charge in [0.25, 0.3) is 0 Å². The highest BCUT2D eigenvalue weighted by Gasteiger charge is 2.41. The molecule has 0 atom stereocenters. The fourth-order valence-corrected chi connectivity index (χ4v) is 1.55. The molecule has 0 heterocycles. The molecule has 0 unspecified atom stereocenters. The van der Waals surface area contributed by atoms with Crippen LogP contribution >= 0.6 is 0 Å². The van der Waals surface area contributed by atoms with Crippen LogP contribution < -0.4 is 0 Å². The van der Waals surface area contributed by atoms with Crippen LogP contribution in [-0.4, -0.2) is 15.8 Å². The summed E-state index contributed by atoms with van der Waals surface area (Å²) in [6.07, 6.45) is 1.60. The highest BCUT2D eigenvalue weighted by molar-refractivity contribution is 5.41. The Morgan fingerprint density at radius 2 is 2.07 bits per heavy atom. The second-order valence-corrected chi connectivity index (χ2v) is 4.09. The predicted octanol–water partition coefficient (Wildman–Crippen LogP) is 1.91. The van der Waals surface area contributed by atoms with Crippen molar-refractivity contribution in [3.8, 4) is 5.75 Å². The predicted molar refractivity (Wildman–Crippen MR) is 50.7 cm³/mol. The zero-order valence-electron chi connectivity index (χ0n) is 8.05. The van der Waals surface area contributed by atoms with E-state index in [1.807, 2.05) is 0 Å². The molecular formula is C11H13FO2. The van der Waals surface area contributed by atoms with Crippen LogP contribution in [0.3, 0.4) is 0 Å². The average molecular weight is 196 g/mol. The van der Waals surface area contributed by atoms with Crippen molar-refractivity contribution in [1.82, 2.24) is 0 Å². The van der Waals surface area contributed by atoms with Crippen LogP contribution in [0.2, 0.25) is 0 Å². The minimum absolute atomic E-state index is 0.0228. The van der Waals surface area contributed by atoms with Crippen LogP contribution in [0.15, 0.2) is 12.1 Å². The van der Waals surface area contributed by atoms with Crippen molar-refractivity contribution in [2.75, 3.05) is 0 Å². The van der Waals surface area contributed by atoms with Gasteiger partial charge in [0.05, 0.1) is 5.60 Å². The number of halogens is 1. The van der Waals surface area contributed by atoms with Gasteiger partial charge in [-0.1, -0.05) is 6.07 Å². The van der Waals surface area contributed by atoms with E-state index in [-0.39, 0.29) is 17.7 Å². The highest BCUT2D eigenvalue weighted by atomic mass is 19.1. The summed E-state index contributed by atoms with van der Waals surface area (Å²) in [5.74, 6) is -0.459. The zero-order chi connectivity index (χ0) is 10.3. The van der Waals surface area contributed by atoms with Gasteiger partial charge in [0.2, 0.25) is 0 Å². The Labute approximate surface area is 82.0 Å². The number of hydrogen-bond donors (Lipinski definition) is 2. The standard InChI is InChI=1S/C11H13FO2/c1-7-2-3-9(12)8(10(7)13)6-11(14)4-5-11/h2-3,13-14H,4-6H2,1H3. The molecule has 14 heavy (non-hydrogen) atoms. The van der Waals surface area contributed by atoms with Crippen molar-refractivity contribution < 1.29 is 14.6 Å². The van der Waals surface area contributed by atoms with Crippen molar-refractivity contribution >= 4 is 0 Å². The van der Waals surface area contributed by atoms with Gasteiger partial charge in [-0.25, -0.2) is 4.39 Å². The maximum atomic E-state index is 13.3. The van der Waals surface area contributed by atoms with Crippen LogP contribution in [0.4, 0.5) is 4.39 Å². The number of phenolic OH excluding ortho intramolecular Hbond substituents is 1. The summed E-state index contributed by atoms with van der Waals surface area (Å²) in [6.45, 7) is 1.72. The molecular weight excluding hydrogens is 183 g/mol. The molecule has 76 valence electrons. The second kappa shape index (κ2) is 2.95. The van der Waals surface area contributed by atoms with Crippen LogP contribution in [0.25, 0.3) is 0 Å². The third-order valence-corrected chi connectivity index (χ3v) is 2.76. The van der Waals surface area contributed by atoms with Crippen molar-refractivity contribution in [2.24, 2.45) is 0 Å². The van der Waals surface area contributed by atoms with E-state index in [9.17, 15) is 14.6 Å². The molecule has 0 saturated heterocycles. The summed E-state index contributed by atoms with van der Waals surface area (Å²) in [4.78, 5) is 0. The first-order valence-electron chi connectivity index (χ1n) is 4.71. The molecule has 0 aliphatic heterocycles. The molecule has 1 aliphatic carbocycles. The molecule has 1 saturated carbocycles. The third kappa shape index (κ3) is 1.60. The minimum Gasteiger partial charge on any atom is -0.507 e. The summed E-state index contributed by atoms with van der Waals surface area (Å²) in [5.41, 5.74) is 0.113. The highest BCUT2D eigenvalue weighted by Crippen LogP contribution is 2.41. The van der Waals surface area contributed by atoms with Crippen LogP contribution in [0.1, 0.15) is 24.0 Å². The summed E-state index contributed by atoms with van der Waals surface area (Å²) in [6, 6.07) is 2.86. The van der Waals surface area contributed by atoms with E-state index in [2.05, 4.69) is 0 Å². The van der Waals surface area contributed by atoms with E-state index in [0.717, 1.165) is 0 Å². The van der Waals surface area contributed by atoms with E-state index in [1.165, 1.54) is 12.1 Å². The molecule has 2 nitrogen and oxygen atoms in total. The summed E-state index contributed by atoms with van der Waals surface area (Å²) < 4.78 is 13.3. The van der Waals surface area contributed by atoms with Crippen LogP contribution in [0.5, 0.6) is 5.75 Å². The molecule has 2 rings (SSSR count). The molecule has 0 spiro atoms. The molecule has 0 bridgehead atoms. The quantitative estimate of drug-likeness (QED) is 0.758. The molecule has 0 amide bonds. The first-order valence-corrected chi connectivity index (χ1v) is 4.71. The van der Waals surface area contributed by atoms with E-state index in [1.54, 1.807) is 6.92 Å². The lowest BCUT2D eigenvalue weighted by molar-refractivity contribution is 0.148. The van der Waals surface area contributed by atoms with Gasteiger partial charge in [-0.2, -0.15) is 0 Å². The first kappa shape index (κ1) is 9.46. The summed E-state index contributed by atoms with van der Waals surface area (Å²) >= 11 is 0.